The van der Waals surface area contributed by atoms with Gasteiger partial charge in [-0.05, 0) is 68.5 Å². The lowest BCUT2D eigenvalue weighted by Crippen LogP contribution is -2.07. The zero-order valence-electron chi connectivity index (χ0n) is 18.0. The Hall–Kier alpha value is -3.32. The molecule has 0 aliphatic heterocycles. The van der Waals surface area contributed by atoms with Crippen LogP contribution in [0, 0.1) is 6.92 Å². The van der Waals surface area contributed by atoms with E-state index in [4.69, 9.17) is 19.6 Å². The predicted molar refractivity (Wildman–Crippen MR) is 129 cm³/mol. The van der Waals surface area contributed by atoms with Crippen LogP contribution in [0.25, 0.3) is 11.8 Å². The number of imidazole rings is 1. The van der Waals surface area contributed by atoms with Gasteiger partial charge in [0.1, 0.15) is 18.1 Å². The molecule has 3 aromatic rings. The van der Waals surface area contributed by atoms with Crippen LogP contribution >= 0.6 is 15.9 Å². The molecule has 32 heavy (non-hydrogen) atoms. The van der Waals surface area contributed by atoms with Crippen molar-refractivity contribution in [1.82, 2.24) is 9.55 Å². The highest BCUT2D eigenvalue weighted by molar-refractivity contribution is 9.09. The summed E-state index contributed by atoms with van der Waals surface area (Å²) >= 11 is 3.36. The van der Waals surface area contributed by atoms with Gasteiger partial charge >= 0.3 is 5.97 Å². The average molecular weight is 497 g/mol. The van der Waals surface area contributed by atoms with Crippen LogP contribution in [-0.2, 0) is 6.61 Å². The normalized spacial score (nSPS) is 11.3. The van der Waals surface area contributed by atoms with Gasteiger partial charge in [-0.15, -0.1) is 0 Å². The first-order chi connectivity index (χ1) is 15.5. The molecule has 0 unspecified atom stereocenters. The summed E-state index contributed by atoms with van der Waals surface area (Å²) in [5.41, 5.74) is 2.99. The van der Waals surface area contributed by atoms with Crippen LogP contribution in [-0.4, -0.2) is 32.6 Å². The number of hydrogen-bond acceptors (Lipinski definition) is 4. The van der Waals surface area contributed by atoms with Gasteiger partial charge < -0.3 is 14.6 Å². The first-order valence-corrected chi connectivity index (χ1v) is 11.3. The maximum atomic E-state index is 11.0. The van der Waals surface area contributed by atoms with Crippen molar-refractivity contribution in [3.05, 3.63) is 89.5 Å². The maximum absolute atomic E-state index is 11.0. The summed E-state index contributed by atoms with van der Waals surface area (Å²) in [6.45, 7) is 4.76. The second-order valence-electron chi connectivity index (χ2n) is 6.87. The Kier molecular flexibility index (Phi) is 8.27. The SMILES string of the molecule is C/C=C\C=C/c1c(C)nc(COc2ccc(C(=O)O)cc2)n1-c1ccc(OCCBr)cc1. The predicted octanol–water partition coefficient (Wildman–Crippen LogP) is 5.82. The monoisotopic (exact) mass is 496 g/mol. The van der Waals surface area contributed by atoms with Gasteiger partial charge in [-0.25, -0.2) is 9.78 Å². The molecule has 0 atom stereocenters. The molecule has 0 amide bonds. The third kappa shape index (κ3) is 5.88. The van der Waals surface area contributed by atoms with E-state index in [1.807, 2.05) is 62.4 Å². The average Bonchev–Trinajstić information content (AvgIpc) is 3.12. The molecule has 0 saturated heterocycles. The fourth-order valence-electron chi connectivity index (χ4n) is 3.13. The van der Waals surface area contributed by atoms with Gasteiger partial charge in [0.15, 0.2) is 5.82 Å². The van der Waals surface area contributed by atoms with Crippen LogP contribution < -0.4 is 9.47 Å². The Morgan fingerprint density at radius 2 is 1.72 bits per heavy atom. The first kappa shape index (κ1) is 23.3. The number of alkyl halides is 1. The molecule has 166 valence electrons. The quantitative estimate of drug-likeness (QED) is 0.282. The van der Waals surface area contributed by atoms with E-state index in [-0.39, 0.29) is 12.2 Å². The number of ether oxygens (including phenoxy) is 2. The Labute approximate surface area is 196 Å². The number of aromatic carboxylic acids is 1. The summed E-state index contributed by atoms with van der Waals surface area (Å²) < 4.78 is 13.6. The fourth-order valence-corrected chi connectivity index (χ4v) is 3.29. The van der Waals surface area contributed by atoms with E-state index in [0.29, 0.717) is 12.4 Å². The lowest BCUT2D eigenvalue weighted by molar-refractivity contribution is 0.0697. The minimum Gasteiger partial charge on any atom is -0.493 e. The lowest BCUT2D eigenvalue weighted by Gasteiger charge is -2.13. The maximum Gasteiger partial charge on any atom is 0.335 e. The molecule has 0 spiro atoms. The number of carboxylic acid groups (broad SMARTS) is 1. The minimum atomic E-state index is -0.969. The molecule has 2 aromatic carbocycles. The summed E-state index contributed by atoms with van der Waals surface area (Å²) in [6.07, 6.45) is 7.92. The van der Waals surface area contributed by atoms with E-state index in [0.717, 1.165) is 34.0 Å². The van der Waals surface area contributed by atoms with Gasteiger partial charge in [0, 0.05) is 11.0 Å². The van der Waals surface area contributed by atoms with Crippen LogP contribution in [0.2, 0.25) is 0 Å². The van der Waals surface area contributed by atoms with Crippen LogP contribution in [0.3, 0.4) is 0 Å². The number of hydrogen-bond donors (Lipinski definition) is 1. The Bertz CT molecular complexity index is 1100. The van der Waals surface area contributed by atoms with Gasteiger partial charge in [0.2, 0.25) is 0 Å². The van der Waals surface area contributed by atoms with Gasteiger partial charge in [-0.1, -0.05) is 34.2 Å². The molecule has 0 aliphatic rings. The highest BCUT2D eigenvalue weighted by atomic mass is 79.9. The second kappa shape index (κ2) is 11.3. The molecule has 1 aromatic heterocycles. The van der Waals surface area contributed by atoms with Crippen molar-refractivity contribution in [1.29, 1.82) is 0 Å². The number of halogens is 1. The molecular formula is C25H25BrN2O4. The Morgan fingerprint density at radius 3 is 2.34 bits per heavy atom. The smallest absolute Gasteiger partial charge is 0.335 e. The number of aromatic nitrogens is 2. The molecule has 0 aliphatic carbocycles. The van der Waals surface area contributed by atoms with Gasteiger partial charge in [0.25, 0.3) is 0 Å². The van der Waals surface area contributed by atoms with Gasteiger partial charge in [-0.3, -0.25) is 4.57 Å². The number of allylic oxidation sites excluding steroid dienone is 3. The summed E-state index contributed by atoms with van der Waals surface area (Å²) in [5, 5.41) is 9.83. The summed E-state index contributed by atoms with van der Waals surface area (Å²) in [7, 11) is 0. The summed E-state index contributed by atoms with van der Waals surface area (Å²) in [6, 6.07) is 14.2. The molecule has 0 fully saturated rings. The number of benzene rings is 2. The molecule has 7 heteroatoms. The fraction of sp³-hybridized carbons (Fsp3) is 0.200. The lowest BCUT2D eigenvalue weighted by atomic mass is 10.2. The van der Waals surface area contributed by atoms with Gasteiger partial charge in [-0.2, -0.15) is 0 Å². The Morgan fingerprint density at radius 1 is 1.06 bits per heavy atom. The van der Waals surface area contributed by atoms with E-state index < -0.39 is 5.97 Å². The van der Waals surface area contributed by atoms with Crippen LogP contribution in [0.15, 0.2) is 66.8 Å². The number of nitrogens with zero attached hydrogens (tertiary/aromatic N) is 2. The summed E-state index contributed by atoms with van der Waals surface area (Å²) in [4.78, 5) is 15.8. The second-order valence-corrected chi connectivity index (χ2v) is 7.66. The van der Waals surface area contributed by atoms with Crippen LogP contribution in [0.5, 0.6) is 11.5 Å². The standard InChI is InChI=1S/C25H25BrN2O4/c1-3-4-5-6-23-18(2)27-24(17-32-22-11-7-19(8-12-22)25(29)30)28(23)20-9-13-21(14-10-20)31-16-15-26/h3-14H,15-17H2,1-2H3,(H,29,30)/b4-3-,6-5-. The zero-order chi connectivity index (χ0) is 22.9. The molecule has 0 bridgehead atoms. The van der Waals surface area contributed by atoms with E-state index >= 15 is 0 Å². The number of carbonyl (C=O) groups is 1. The van der Waals surface area contributed by atoms with Crippen molar-refractivity contribution < 1.29 is 19.4 Å². The van der Waals surface area contributed by atoms with Crippen molar-refractivity contribution in [2.45, 2.75) is 20.5 Å². The molecule has 0 saturated carbocycles. The molecular weight excluding hydrogens is 472 g/mol. The topological polar surface area (TPSA) is 73.6 Å². The van der Waals surface area contributed by atoms with Crippen molar-refractivity contribution in [2.24, 2.45) is 0 Å². The zero-order valence-corrected chi connectivity index (χ0v) is 19.6. The molecule has 1 N–H and O–H groups in total. The molecule has 0 radical (unpaired) electrons. The first-order valence-electron chi connectivity index (χ1n) is 10.2. The number of aryl methyl sites for hydroxylation is 1. The Balaban J connectivity index is 1.91. The number of carboxylic acids is 1. The third-order valence-electron chi connectivity index (χ3n) is 4.63. The third-order valence-corrected chi connectivity index (χ3v) is 4.96. The van der Waals surface area contributed by atoms with Crippen molar-refractivity contribution in [2.75, 3.05) is 11.9 Å². The van der Waals surface area contributed by atoms with Crippen molar-refractivity contribution in [3.8, 4) is 17.2 Å². The number of rotatable bonds is 10. The van der Waals surface area contributed by atoms with E-state index in [9.17, 15) is 4.79 Å². The summed E-state index contributed by atoms with van der Waals surface area (Å²) in [5.74, 6) is 1.14. The van der Waals surface area contributed by atoms with Gasteiger partial charge in [0.05, 0.1) is 23.6 Å². The van der Waals surface area contributed by atoms with Crippen LogP contribution in [0.1, 0.15) is 34.5 Å². The minimum absolute atomic E-state index is 0.216. The molecule has 3 rings (SSSR count). The molecule has 1 heterocycles. The van der Waals surface area contributed by atoms with Crippen molar-refractivity contribution in [3.63, 3.8) is 0 Å². The largest absolute Gasteiger partial charge is 0.493 e. The van der Waals surface area contributed by atoms with Crippen molar-refractivity contribution >= 4 is 28.0 Å². The highest BCUT2D eigenvalue weighted by Gasteiger charge is 2.15. The van der Waals surface area contributed by atoms with Crippen LogP contribution in [0.4, 0.5) is 0 Å². The van der Waals surface area contributed by atoms with E-state index in [1.54, 1.807) is 12.1 Å². The highest BCUT2D eigenvalue weighted by Crippen LogP contribution is 2.24. The van der Waals surface area contributed by atoms with E-state index in [2.05, 4.69) is 20.5 Å². The molecule has 6 nitrogen and oxygen atoms in total. The van der Waals surface area contributed by atoms with E-state index in [1.165, 1.54) is 12.1 Å².